The third kappa shape index (κ3) is 3.77. The Morgan fingerprint density at radius 2 is 1.93 bits per heavy atom. The van der Waals surface area contributed by atoms with Gasteiger partial charge in [-0.15, -0.1) is 5.10 Å². The van der Waals surface area contributed by atoms with Gasteiger partial charge in [0.15, 0.2) is 5.69 Å². The van der Waals surface area contributed by atoms with Crippen molar-refractivity contribution in [2.24, 2.45) is 0 Å². The Hall–Kier alpha value is -2.96. The van der Waals surface area contributed by atoms with Crippen LogP contribution in [0.25, 0.3) is 5.69 Å². The fourth-order valence-electron chi connectivity index (χ4n) is 2.34. The maximum absolute atomic E-state index is 13.6. The van der Waals surface area contributed by atoms with Crippen LogP contribution in [-0.4, -0.2) is 25.8 Å². The van der Waals surface area contributed by atoms with E-state index in [0.717, 1.165) is 12.1 Å². The quantitative estimate of drug-likeness (QED) is 0.263. The summed E-state index contributed by atoms with van der Waals surface area (Å²) in [5.41, 5.74) is 0.359. The van der Waals surface area contributed by atoms with Crippen molar-refractivity contribution in [1.29, 1.82) is 0 Å². The Kier molecular flexibility index (Phi) is 5.12. The van der Waals surface area contributed by atoms with Gasteiger partial charge in [0.1, 0.15) is 11.6 Å². The molecule has 0 spiro atoms. The number of hydrogen-bond donors (Lipinski definition) is 1. The first-order valence-corrected chi connectivity index (χ1v) is 8.49. The molecule has 3 aromatic rings. The van der Waals surface area contributed by atoms with Gasteiger partial charge in [-0.3, -0.25) is 14.9 Å². The Morgan fingerprint density at radius 1 is 1.26 bits per heavy atom. The molecule has 0 bridgehead atoms. The van der Waals surface area contributed by atoms with Crippen molar-refractivity contribution in [3.63, 3.8) is 0 Å². The molecule has 0 saturated carbocycles. The van der Waals surface area contributed by atoms with Crippen LogP contribution in [0, 0.1) is 32.2 Å². The number of carbonyl (C=O) groups excluding carboxylic acids is 1. The summed E-state index contributed by atoms with van der Waals surface area (Å²) in [5, 5.41) is 20.9. The zero-order valence-electron chi connectivity index (χ0n) is 13.6. The molecule has 138 valence electrons. The fourth-order valence-corrected chi connectivity index (χ4v) is 2.65. The van der Waals surface area contributed by atoms with E-state index < -0.39 is 22.5 Å². The monoisotopic (exact) mass is 485 g/mol. The number of rotatable bonds is 4. The average Bonchev–Trinajstić information content (AvgIpc) is 3.01. The lowest BCUT2D eigenvalue weighted by atomic mass is 10.2. The van der Waals surface area contributed by atoms with Crippen molar-refractivity contribution in [1.82, 2.24) is 15.0 Å². The van der Waals surface area contributed by atoms with Crippen LogP contribution in [0.2, 0.25) is 0 Å². The standard InChI is InChI=1S/C16H10F2IN5O3/c1-8-15(16(25)20-9-5-12(17)14(19)13(18)6-9)21-22-23(8)10-3-2-4-11(7-10)24(26)27/h2-7H,1H3,(H,20,25). The lowest BCUT2D eigenvalue weighted by Crippen LogP contribution is -2.15. The van der Waals surface area contributed by atoms with Crippen molar-refractivity contribution in [2.75, 3.05) is 5.32 Å². The molecule has 0 radical (unpaired) electrons. The Balaban J connectivity index is 1.90. The van der Waals surface area contributed by atoms with Gasteiger partial charge >= 0.3 is 0 Å². The summed E-state index contributed by atoms with van der Waals surface area (Å²) in [5.74, 6) is -2.32. The largest absolute Gasteiger partial charge is 0.320 e. The van der Waals surface area contributed by atoms with Gasteiger partial charge in [-0.25, -0.2) is 13.5 Å². The van der Waals surface area contributed by atoms with E-state index in [-0.39, 0.29) is 20.6 Å². The van der Waals surface area contributed by atoms with E-state index in [2.05, 4.69) is 15.6 Å². The molecule has 1 N–H and O–H groups in total. The number of halogens is 3. The number of nitro groups is 1. The molecule has 3 rings (SSSR count). The predicted octanol–water partition coefficient (Wildman–Crippen LogP) is 3.62. The molecule has 8 nitrogen and oxygen atoms in total. The van der Waals surface area contributed by atoms with E-state index >= 15 is 0 Å². The molecule has 0 saturated heterocycles. The molecule has 0 fully saturated rings. The highest BCUT2D eigenvalue weighted by Crippen LogP contribution is 2.22. The van der Waals surface area contributed by atoms with Crippen molar-refractivity contribution in [3.05, 3.63) is 73.1 Å². The molecular weight excluding hydrogens is 475 g/mol. The molecule has 1 aromatic heterocycles. The van der Waals surface area contributed by atoms with Crippen LogP contribution in [0.4, 0.5) is 20.2 Å². The van der Waals surface area contributed by atoms with Crippen LogP contribution in [0.5, 0.6) is 0 Å². The lowest BCUT2D eigenvalue weighted by Gasteiger charge is -2.06. The molecule has 0 aliphatic carbocycles. The first-order chi connectivity index (χ1) is 12.8. The zero-order valence-corrected chi connectivity index (χ0v) is 15.8. The Bertz CT molecular complexity index is 1050. The minimum absolute atomic E-state index is 0.0697. The third-order valence-electron chi connectivity index (χ3n) is 3.64. The first-order valence-electron chi connectivity index (χ1n) is 7.41. The van der Waals surface area contributed by atoms with Crippen LogP contribution in [-0.2, 0) is 0 Å². The van der Waals surface area contributed by atoms with Crippen LogP contribution < -0.4 is 5.32 Å². The second-order valence-corrected chi connectivity index (χ2v) is 6.50. The number of nitrogens with zero attached hydrogens (tertiary/aromatic N) is 4. The molecule has 11 heteroatoms. The molecule has 0 aliphatic heterocycles. The van der Waals surface area contributed by atoms with Gasteiger partial charge in [-0.1, -0.05) is 11.3 Å². The predicted molar refractivity (Wildman–Crippen MR) is 99.8 cm³/mol. The highest BCUT2D eigenvalue weighted by atomic mass is 127. The van der Waals surface area contributed by atoms with Gasteiger partial charge in [-0.05, 0) is 47.7 Å². The number of benzene rings is 2. The van der Waals surface area contributed by atoms with Gasteiger partial charge in [0.05, 0.1) is 19.9 Å². The minimum Gasteiger partial charge on any atom is -0.320 e. The number of nitrogens with one attached hydrogen (secondary N) is 1. The van der Waals surface area contributed by atoms with Gasteiger partial charge in [0.2, 0.25) is 0 Å². The average molecular weight is 485 g/mol. The van der Waals surface area contributed by atoms with Crippen LogP contribution in [0.15, 0.2) is 36.4 Å². The second-order valence-electron chi connectivity index (χ2n) is 5.42. The summed E-state index contributed by atoms with van der Waals surface area (Å²) in [4.78, 5) is 22.7. The van der Waals surface area contributed by atoms with Crippen LogP contribution >= 0.6 is 22.6 Å². The SMILES string of the molecule is Cc1c(C(=O)Nc2cc(F)c(I)c(F)c2)nnn1-c1cccc([N+](=O)[O-])c1. The molecule has 0 aliphatic rings. The highest BCUT2D eigenvalue weighted by Gasteiger charge is 2.19. The molecule has 0 atom stereocenters. The number of nitro benzene ring substituents is 1. The molecular formula is C16H10F2IN5O3. The summed E-state index contributed by atoms with van der Waals surface area (Å²) in [7, 11) is 0. The highest BCUT2D eigenvalue weighted by molar-refractivity contribution is 14.1. The number of non-ortho nitro benzene ring substituents is 1. The second kappa shape index (κ2) is 7.34. The number of aromatic nitrogens is 3. The summed E-state index contributed by atoms with van der Waals surface area (Å²) in [6, 6.07) is 7.63. The molecule has 2 aromatic carbocycles. The minimum atomic E-state index is -0.803. The Labute approximate surface area is 164 Å². The van der Waals surface area contributed by atoms with Gasteiger partial charge in [-0.2, -0.15) is 0 Å². The van der Waals surface area contributed by atoms with E-state index in [0.29, 0.717) is 11.4 Å². The van der Waals surface area contributed by atoms with Crippen LogP contribution in [0.1, 0.15) is 16.2 Å². The number of carbonyl (C=O) groups is 1. The molecule has 0 unspecified atom stereocenters. The number of hydrogen-bond acceptors (Lipinski definition) is 5. The van der Waals surface area contributed by atoms with E-state index in [1.165, 1.54) is 45.5 Å². The fraction of sp³-hybridized carbons (Fsp3) is 0.0625. The normalized spacial score (nSPS) is 10.7. The zero-order chi connectivity index (χ0) is 19.7. The van der Waals surface area contributed by atoms with Crippen molar-refractivity contribution < 1.29 is 18.5 Å². The van der Waals surface area contributed by atoms with Gasteiger partial charge in [0, 0.05) is 17.8 Å². The van der Waals surface area contributed by atoms with Gasteiger partial charge in [0.25, 0.3) is 11.6 Å². The van der Waals surface area contributed by atoms with E-state index in [4.69, 9.17) is 0 Å². The molecule has 27 heavy (non-hydrogen) atoms. The molecule has 1 amide bonds. The van der Waals surface area contributed by atoms with Gasteiger partial charge < -0.3 is 5.32 Å². The van der Waals surface area contributed by atoms with E-state index in [1.54, 1.807) is 13.0 Å². The molecule has 1 heterocycles. The lowest BCUT2D eigenvalue weighted by molar-refractivity contribution is -0.384. The number of anilines is 1. The van der Waals surface area contributed by atoms with Crippen molar-refractivity contribution >= 4 is 39.9 Å². The summed E-state index contributed by atoms with van der Waals surface area (Å²) < 4.78 is 28.3. The summed E-state index contributed by atoms with van der Waals surface area (Å²) in [6.45, 7) is 1.54. The maximum atomic E-state index is 13.6. The third-order valence-corrected chi connectivity index (χ3v) is 4.67. The first kappa shape index (κ1) is 18.8. The Morgan fingerprint density at radius 3 is 2.56 bits per heavy atom. The summed E-state index contributed by atoms with van der Waals surface area (Å²) in [6.07, 6.45) is 0. The maximum Gasteiger partial charge on any atom is 0.278 e. The van der Waals surface area contributed by atoms with Crippen LogP contribution in [0.3, 0.4) is 0 Å². The van der Waals surface area contributed by atoms with E-state index in [1.807, 2.05) is 0 Å². The summed E-state index contributed by atoms with van der Waals surface area (Å²) >= 11 is 1.52. The number of amides is 1. The smallest absolute Gasteiger partial charge is 0.278 e. The van der Waals surface area contributed by atoms with E-state index in [9.17, 15) is 23.7 Å². The van der Waals surface area contributed by atoms with Crippen molar-refractivity contribution in [2.45, 2.75) is 6.92 Å². The topological polar surface area (TPSA) is 103 Å². The van der Waals surface area contributed by atoms with Crippen molar-refractivity contribution in [3.8, 4) is 5.69 Å².